The van der Waals surface area contributed by atoms with Crippen LogP contribution in [0.15, 0.2) is 66.0 Å². The molecule has 1 heterocycles. The first-order valence-corrected chi connectivity index (χ1v) is 8.81. The van der Waals surface area contributed by atoms with Crippen LogP contribution >= 0.6 is 11.8 Å². The van der Waals surface area contributed by atoms with E-state index in [4.69, 9.17) is 10.5 Å². The van der Waals surface area contributed by atoms with Gasteiger partial charge >= 0.3 is 0 Å². The fourth-order valence-electron chi connectivity index (χ4n) is 2.52. The molecule has 3 aromatic rings. The summed E-state index contributed by atoms with van der Waals surface area (Å²) in [4.78, 5) is 15.6. The molecule has 0 fully saturated rings. The van der Waals surface area contributed by atoms with Gasteiger partial charge in [0.2, 0.25) is 5.91 Å². The summed E-state index contributed by atoms with van der Waals surface area (Å²) in [5.74, 6) is 0.653. The van der Waals surface area contributed by atoms with Gasteiger partial charge in [-0.25, -0.2) is 4.98 Å². The van der Waals surface area contributed by atoms with Crippen LogP contribution < -0.4 is 10.5 Å². The Morgan fingerprint density at radius 3 is 2.52 bits per heavy atom. The van der Waals surface area contributed by atoms with Crippen molar-refractivity contribution in [1.82, 2.24) is 9.55 Å². The number of imidazole rings is 1. The van der Waals surface area contributed by atoms with E-state index in [-0.39, 0.29) is 11.7 Å². The average Bonchev–Trinajstić information content (AvgIpc) is 3.03. The number of ether oxygens (including phenoxy) is 1. The first-order valence-electron chi connectivity index (χ1n) is 7.82. The lowest BCUT2D eigenvalue weighted by atomic mass is 10.1. The summed E-state index contributed by atoms with van der Waals surface area (Å²) in [7, 11) is 1.65. The minimum atomic E-state index is -0.356. The Balaban J connectivity index is 1.97. The molecule has 0 bridgehead atoms. The highest BCUT2D eigenvalue weighted by Crippen LogP contribution is 2.28. The molecule has 25 heavy (non-hydrogen) atoms. The number of carbonyl (C=O) groups is 1. The average molecular weight is 353 g/mol. The van der Waals surface area contributed by atoms with Crippen molar-refractivity contribution < 1.29 is 9.53 Å². The quantitative estimate of drug-likeness (QED) is 0.662. The van der Waals surface area contributed by atoms with Gasteiger partial charge in [-0.2, -0.15) is 0 Å². The van der Waals surface area contributed by atoms with E-state index < -0.39 is 0 Å². The van der Waals surface area contributed by atoms with Crippen LogP contribution in [0.4, 0.5) is 0 Å². The zero-order valence-electron chi connectivity index (χ0n) is 13.9. The van der Waals surface area contributed by atoms with Crippen molar-refractivity contribution in [2.45, 2.75) is 11.7 Å². The molecular formula is C19H19N3O2S. The molecule has 0 saturated heterocycles. The van der Waals surface area contributed by atoms with E-state index in [0.29, 0.717) is 6.54 Å². The maximum absolute atomic E-state index is 11.1. The van der Waals surface area contributed by atoms with Gasteiger partial charge in [-0.15, -0.1) is 0 Å². The molecule has 2 N–H and O–H groups in total. The van der Waals surface area contributed by atoms with Gasteiger partial charge in [0.1, 0.15) is 5.75 Å². The molecule has 0 aliphatic rings. The highest BCUT2D eigenvalue weighted by Gasteiger charge is 2.14. The summed E-state index contributed by atoms with van der Waals surface area (Å²) in [5.41, 5.74) is 8.47. The Morgan fingerprint density at radius 2 is 1.88 bits per heavy atom. The Kier molecular flexibility index (Phi) is 5.40. The number of hydrogen-bond acceptors (Lipinski definition) is 4. The van der Waals surface area contributed by atoms with Crippen molar-refractivity contribution in [2.75, 3.05) is 12.9 Å². The summed E-state index contributed by atoms with van der Waals surface area (Å²) in [6, 6.07) is 18.0. The molecule has 0 unspecified atom stereocenters. The number of rotatable bonds is 7. The van der Waals surface area contributed by atoms with E-state index in [0.717, 1.165) is 27.7 Å². The van der Waals surface area contributed by atoms with Crippen LogP contribution in [0.3, 0.4) is 0 Å². The number of carbonyl (C=O) groups excluding carboxylic acids is 1. The lowest BCUT2D eigenvalue weighted by Gasteiger charge is -2.12. The predicted molar refractivity (Wildman–Crippen MR) is 99.7 cm³/mol. The van der Waals surface area contributed by atoms with Gasteiger partial charge in [0.05, 0.1) is 31.3 Å². The van der Waals surface area contributed by atoms with Crippen molar-refractivity contribution in [3.63, 3.8) is 0 Å². The lowest BCUT2D eigenvalue weighted by molar-refractivity contribution is -0.115. The molecule has 5 nitrogen and oxygen atoms in total. The van der Waals surface area contributed by atoms with Crippen molar-refractivity contribution in [1.29, 1.82) is 0 Å². The van der Waals surface area contributed by atoms with Crippen LogP contribution in [0.25, 0.3) is 11.3 Å². The molecule has 2 aromatic carbocycles. The Morgan fingerprint density at radius 1 is 1.16 bits per heavy atom. The minimum Gasteiger partial charge on any atom is -0.497 e. The normalized spacial score (nSPS) is 10.6. The number of nitrogens with two attached hydrogens (primary N) is 1. The number of nitrogens with zero attached hydrogens (tertiary/aromatic N) is 2. The van der Waals surface area contributed by atoms with Crippen LogP contribution in [-0.4, -0.2) is 28.3 Å². The zero-order valence-corrected chi connectivity index (χ0v) is 14.7. The summed E-state index contributed by atoms with van der Waals surface area (Å²) >= 11 is 1.35. The second-order valence-electron chi connectivity index (χ2n) is 5.48. The summed E-state index contributed by atoms with van der Waals surface area (Å²) in [5, 5.41) is 0.772. The third-order valence-corrected chi connectivity index (χ3v) is 4.74. The van der Waals surface area contributed by atoms with E-state index in [1.54, 1.807) is 7.11 Å². The summed E-state index contributed by atoms with van der Waals surface area (Å²) in [6.45, 7) is 0.670. The number of primary amides is 1. The Bertz CT molecular complexity index is 845. The highest BCUT2D eigenvalue weighted by molar-refractivity contribution is 7.99. The topological polar surface area (TPSA) is 70.1 Å². The van der Waals surface area contributed by atoms with Gasteiger partial charge in [0.15, 0.2) is 5.16 Å². The van der Waals surface area contributed by atoms with Crippen molar-refractivity contribution in [2.24, 2.45) is 5.73 Å². The predicted octanol–water partition coefficient (Wildman–Crippen LogP) is 3.18. The molecule has 1 aromatic heterocycles. The standard InChI is InChI=1S/C19H19N3O2S/c1-24-16-9-7-15(8-10-16)17-11-21-19(25-13-18(20)23)22(17)12-14-5-3-2-4-6-14/h2-11H,12-13H2,1H3,(H2,20,23). The van der Waals surface area contributed by atoms with Crippen LogP contribution in [0, 0.1) is 0 Å². The van der Waals surface area contributed by atoms with Gasteiger partial charge in [0.25, 0.3) is 0 Å². The molecule has 0 spiro atoms. The smallest absolute Gasteiger partial charge is 0.227 e. The van der Waals surface area contributed by atoms with Crippen LogP contribution in [-0.2, 0) is 11.3 Å². The monoisotopic (exact) mass is 353 g/mol. The highest BCUT2D eigenvalue weighted by atomic mass is 32.2. The molecule has 0 aliphatic carbocycles. The van der Waals surface area contributed by atoms with Gasteiger partial charge in [-0.05, 0) is 29.8 Å². The third-order valence-electron chi connectivity index (χ3n) is 3.73. The molecule has 0 atom stereocenters. The second-order valence-corrected chi connectivity index (χ2v) is 6.42. The Hall–Kier alpha value is -2.73. The van der Waals surface area contributed by atoms with Gasteiger partial charge in [-0.1, -0.05) is 42.1 Å². The number of thioether (sulfide) groups is 1. The third kappa shape index (κ3) is 4.22. The second kappa shape index (κ2) is 7.90. The largest absolute Gasteiger partial charge is 0.497 e. The minimum absolute atomic E-state index is 0.202. The molecule has 3 rings (SSSR count). The number of benzene rings is 2. The number of hydrogen-bond donors (Lipinski definition) is 1. The Labute approximate surface area is 150 Å². The van der Waals surface area contributed by atoms with Crippen molar-refractivity contribution in [3.8, 4) is 17.0 Å². The zero-order chi connectivity index (χ0) is 17.6. The number of methoxy groups -OCH3 is 1. The summed E-state index contributed by atoms with van der Waals surface area (Å²) in [6.07, 6.45) is 1.83. The van der Waals surface area contributed by atoms with E-state index in [9.17, 15) is 4.79 Å². The lowest BCUT2D eigenvalue weighted by Crippen LogP contribution is -2.14. The van der Waals surface area contributed by atoms with E-state index in [2.05, 4.69) is 21.7 Å². The van der Waals surface area contributed by atoms with E-state index >= 15 is 0 Å². The van der Waals surface area contributed by atoms with Crippen LogP contribution in [0.5, 0.6) is 5.75 Å². The molecule has 0 saturated carbocycles. The van der Waals surface area contributed by atoms with Crippen LogP contribution in [0.1, 0.15) is 5.56 Å². The molecular weight excluding hydrogens is 334 g/mol. The van der Waals surface area contributed by atoms with E-state index in [1.165, 1.54) is 11.8 Å². The molecule has 1 amide bonds. The van der Waals surface area contributed by atoms with Gasteiger partial charge in [-0.3, -0.25) is 4.79 Å². The van der Waals surface area contributed by atoms with Gasteiger partial charge in [0, 0.05) is 5.56 Å². The maximum Gasteiger partial charge on any atom is 0.227 e. The molecule has 6 heteroatoms. The fraction of sp³-hybridized carbons (Fsp3) is 0.158. The SMILES string of the molecule is COc1ccc(-c2cnc(SCC(N)=O)n2Cc2ccccc2)cc1. The van der Waals surface area contributed by atoms with Gasteiger partial charge < -0.3 is 15.0 Å². The van der Waals surface area contributed by atoms with E-state index in [1.807, 2.05) is 48.7 Å². The molecule has 0 radical (unpaired) electrons. The fourth-order valence-corrected chi connectivity index (χ4v) is 3.24. The van der Waals surface area contributed by atoms with Crippen LogP contribution in [0.2, 0.25) is 0 Å². The van der Waals surface area contributed by atoms with Crippen molar-refractivity contribution >= 4 is 17.7 Å². The maximum atomic E-state index is 11.1. The first kappa shape index (κ1) is 17.1. The number of aromatic nitrogens is 2. The van der Waals surface area contributed by atoms with Crippen molar-refractivity contribution in [3.05, 3.63) is 66.4 Å². The first-order chi connectivity index (χ1) is 12.2. The number of amides is 1. The summed E-state index contributed by atoms with van der Waals surface area (Å²) < 4.78 is 7.33. The molecule has 128 valence electrons. The molecule has 0 aliphatic heterocycles.